The molecule has 0 aliphatic heterocycles. The van der Waals surface area contributed by atoms with E-state index in [2.05, 4.69) is 12.2 Å². The molecule has 1 amide bonds. The normalized spacial score (nSPS) is 13.4. The van der Waals surface area contributed by atoms with Crippen LogP contribution < -0.4 is 5.32 Å². The van der Waals surface area contributed by atoms with Crippen LogP contribution >= 0.6 is 11.8 Å². The first-order valence-corrected chi connectivity index (χ1v) is 6.58. The van der Waals surface area contributed by atoms with E-state index < -0.39 is 5.60 Å². The second kappa shape index (κ2) is 6.99. The van der Waals surface area contributed by atoms with Gasteiger partial charge < -0.3 is 10.1 Å². The lowest BCUT2D eigenvalue weighted by Gasteiger charge is -2.21. The molecule has 3 nitrogen and oxygen atoms in total. The van der Waals surface area contributed by atoms with Crippen molar-refractivity contribution < 1.29 is 9.53 Å². The minimum atomic E-state index is -0.416. The van der Waals surface area contributed by atoms with Gasteiger partial charge in [-0.15, -0.1) is 0 Å². The minimum Gasteiger partial charge on any atom is -0.444 e. The van der Waals surface area contributed by atoms with Crippen molar-refractivity contribution in [1.82, 2.24) is 5.32 Å². The lowest BCUT2D eigenvalue weighted by atomic mass is 10.2. The van der Waals surface area contributed by atoms with Gasteiger partial charge in [0, 0.05) is 11.8 Å². The first-order chi connectivity index (χ1) is 6.85. The number of alkyl carbamates (subject to hydrolysis) is 1. The zero-order chi connectivity index (χ0) is 11.9. The standard InChI is InChI=1S/C11H23NO2S/c1-6-7-15-8-9(2)12-10(13)14-11(3,4)5/h9H,6-8H2,1-5H3,(H,12,13)/t9-/m1/s1. The van der Waals surface area contributed by atoms with Crippen LogP contribution in [0.25, 0.3) is 0 Å². The van der Waals surface area contributed by atoms with Crippen LogP contribution in [0.15, 0.2) is 0 Å². The summed E-state index contributed by atoms with van der Waals surface area (Å²) in [5.74, 6) is 2.08. The highest BCUT2D eigenvalue weighted by Gasteiger charge is 2.17. The average Bonchev–Trinajstić information content (AvgIpc) is 2.00. The van der Waals surface area contributed by atoms with E-state index in [1.807, 2.05) is 39.5 Å². The Morgan fingerprint density at radius 2 is 2.07 bits per heavy atom. The number of hydrogen-bond donors (Lipinski definition) is 1. The van der Waals surface area contributed by atoms with E-state index in [1.165, 1.54) is 6.42 Å². The minimum absolute atomic E-state index is 0.163. The number of thioether (sulfide) groups is 1. The quantitative estimate of drug-likeness (QED) is 0.742. The second-order valence-corrected chi connectivity index (χ2v) is 5.77. The molecule has 0 heterocycles. The van der Waals surface area contributed by atoms with Crippen molar-refractivity contribution in [3.05, 3.63) is 0 Å². The van der Waals surface area contributed by atoms with Crippen LogP contribution in [0.5, 0.6) is 0 Å². The predicted octanol–water partition coefficient (Wildman–Crippen LogP) is 3.04. The predicted molar refractivity (Wildman–Crippen MR) is 66.4 cm³/mol. The molecule has 0 aromatic rings. The third kappa shape index (κ3) is 9.91. The van der Waals surface area contributed by atoms with E-state index in [9.17, 15) is 4.79 Å². The molecule has 0 spiro atoms. The SMILES string of the molecule is CCCSC[C@@H](C)NC(=O)OC(C)(C)C. The number of hydrogen-bond acceptors (Lipinski definition) is 3. The molecular formula is C11H23NO2S. The maximum Gasteiger partial charge on any atom is 0.407 e. The van der Waals surface area contributed by atoms with Crippen molar-refractivity contribution in [2.24, 2.45) is 0 Å². The zero-order valence-electron chi connectivity index (χ0n) is 10.4. The van der Waals surface area contributed by atoms with Gasteiger partial charge in [0.2, 0.25) is 0 Å². The van der Waals surface area contributed by atoms with Gasteiger partial charge >= 0.3 is 6.09 Å². The van der Waals surface area contributed by atoms with Gasteiger partial charge in [-0.25, -0.2) is 4.79 Å². The van der Waals surface area contributed by atoms with Crippen LogP contribution in [-0.2, 0) is 4.74 Å². The van der Waals surface area contributed by atoms with E-state index in [4.69, 9.17) is 4.74 Å². The molecule has 1 N–H and O–H groups in total. The number of carbonyl (C=O) groups excluding carboxylic acids is 1. The fraction of sp³-hybridized carbons (Fsp3) is 0.909. The topological polar surface area (TPSA) is 38.3 Å². The molecule has 0 aliphatic rings. The second-order valence-electron chi connectivity index (χ2n) is 4.62. The number of amides is 1. The van der Waals surface area contributed by atoms with Gasteiger partial charge in [-0.2, -0.15) is 11.8 Å². The highest BCUT2D eigenvalue weighted by Crippen LogP contribution is 2.08. The summed E-state index contributed by atoms with van der Waals surface area (Å²) in [4.78, 5) is 11.4. The van der Waals surface area contributed by atoms with Gasteiger partial charge in [0.05, 0.1) is 0 Å². The molecular weight excluding hydrogens is 210 g/mol. The molecule has 4 heteroatoms. The van der Waals surface area contributed by atoms with Crippen molar-refractivity contribution in [3.63, 3.8) is 0 Å². The molecule has 0 aromatic heterocycles. The van der Waals surface area contributed by atoms with Gasteiger partial charge in [-0.05, 0) is 39.9 Å². The summed E-state index contributed by atoms with van der Waals surface area (Å²) in [5.41, 5.74) is -0.416. The summed E-state index contributed by atoms with van der Waals surface area (Å²) in [7, 11) is 0. The first-order valence-electron chi connectivity index (χ1n) is 5.42. The summed E-state index contributed by atoms with van der Waals surface area (Å²) >= 11 is 1.85. The molecule has 0 saturated heterocycles. The van der Waals surface area contributed by atoms with Gasteiger partial charge in [-0.1, -0.05) is 6.92 Å². The fourth-order valence-electron chi connectivity index (χ4n) is 0.955. The number of nitrogens with one attached hydrogen (secondary N) is 1. The van der Waals surface area contributed by atoms with E-state index in [0.29, 0.717) is 0 Å². The van der Waals surface area contributed by atoms with Crippen LogP contribution in [0.3, 0.4) is 0 Å². The molecule has 0 unspecified atom stereocenters. The molecule has 0 aliphatic carbocycles. The molecule has 0 radical (unpaired) electrons. The first kappa shape index (κ1) is 14.6. The summed E-state index contributed by atoms with van der Waals surface area (Å²) in [6.07, 6.45) is 0.844. The Morgan fingerprint density at radius 1 is 1.47 bits per heavy atom. The Bertz CT molecular complexity index is 190. The highest BCUT2D eigenvalue weighted by molar-refractivity contribution is 7.99. The molecule has 0 fully saturated rings. The van der Waals surface area contributed by atoms with Crippen LogP contribution in [0.4, 0.5) is 4.79 Å². The third-order valence-electron chi connectivity index (χ3n) is 1.48. The van der Waals surface area contributed by atoms with Crippen molar-refractivity contribution in [2.45, 2.75) is 52.7 Å². The van der Waals surface area contributed by atoms with Gasteiger partial charge in [-0.3, -0.25) is 0 Å². The maximum atomic E-state index is 11.4. The van der Waals surface area contributed by atoms with Crippen LogP contribution in [-0.4, -0.2) is 29.2 Å². The van der Waals surface area contributed by atoms with Crippen molar-refractivity contribution >= 4 is 17.9 Å². The summed E-state index contributed by atoms with van der Waals surface area (Å²) in [6.45, 7) is 9.74. The van der Waals surface area contributed by atoms with Crippen molar-refractivity contribution in [2.75, 3.05) is 11.5 Å². The smallest absolute Gasteiger partial charge is 0.407 e. The molecule has 0 bridgehead atoms. The molecule has 0 aromatic carbocycles. The molecule has 1 atom stereocenters. The summed E-state index contributed by atoms with van der Waals surface area (Å²) < 4.78 is 5.16. The van der Waals surface area contributed by atoms with E-state index in [-0.39, 0.29) is 12.1 Å². The van der Waals surface area contributed by atoms with Gasteiger partial charge in [0.25, 0.3) is 0 Å². The van der Waals surface area contributed by atoms with Crippen LogP contribution in [0.2, 0.25) is 0 Å². The molecule has 15 heavy (non-hydrogen) atoms. The summed E-state index contributed by atoms with van der Waals surface area (Å²) in [5, 5.41) is 2.81. The Labute approximate surface area is 97.3 Å². The van der Waals surface area contributed by atoms with Gasteiger partial charge in [0.1, 0.15) is 5.60 Å². The molecule has 0 saturated carbocycles. The van der Waals surface area contributed by atoms with Crippen molar-refractivity contribution in [1.29, 1.82) is 0 Å². The lowest BCUT2D eigenvalue weighted by Crippen LogP contribution is -2.38. The lowest BCUT2D eigenvalue weighted by molar-refractivity contribution is 0.0513. The zero-order valence-corrected chi connectivity index (χ0v) is 11.2. The van der Waals surface area contributed by atoms with Crippen LogP contribution in [0.1, 0.15) is 41.0 Å². The average molecular weight is 233 g/mol. The van der Waals surface area contributed by atoms with Crippen LogP contribution in [0, 0.1) is 0 Å². The van der Waals surface area contributed by atoms with Crippen molar-refractivity contribution in [3.8, 4) is 0 Å². The number of ether oxygens (including phenoxy) is 1. The third-order valence-corrected chi connectivity index (χ3v) is 2.91. The van der Waals surface area contributed by atoms with Gasteiger partial charge in [0.15, 0.2) is 0 Å². The maximum absolute atomic E-state index is 11.4. The number of rotatable bonds is 5. The Balaban J connectivity index is 3.67. The van der Waals surface area contributed by atoms with E-state index in [0.717, 1.165) is 11.5 Å². The monoisotopic (exact) mass is 233 g/mol. The van der Waals surface area contributed by atoms with E-state index >= 15 is 0 Å². The Hall–Kier alpha value is -0.380. The Morgan fingerprint density at radius 3 is 2.53 bits per heavy atom. The number of carbonyl (C=O) groups is 1. The summed E-state index contributed by atoms with van der Waals surface area (Å²) in [6, 6.07) is 0.163. The largest absolute Gasteiger partial charge is 0.444 e. The van der Waals surface area contributed by atoms with E-state index in [1.54, 1.807) is 0 Å². The molecule has 90 valence electrons. The Kier molecular flexibility index (Phi) is 6.81. The highest BCUT2D eigenvalue weighted by atomic mass is 32.2. The molecule has 0 rings (SSSR count). The fourth-order valence-corrected chi connectivity index (χ4v) is 1.85.